The van der Waals surface area contributed by atoms with Crippen LogP contribution in [-0.2, 0) is 9.59 Å². The molecule has 0 bridgehead atoms. The van der Waals surface area contributed by atoms with Crippen LogP contribution in [0.4, 0.5) is 5.69 Å². The molecule has 22 heavy (non-hydrogen) atoms. The highest BCUT2D eigenvalue weighted by molar-refractivity contribution is 6.31. The van der Waals surface area contributed by atoms with Gasteiger partial charge in [-0.2, -0.15) is 0 Å². The van der Waals surface area contributed by atoms with E-state index in [0.29, 0.717) is 23.0 Å². The third-order valence-corrected chi connectivity index (χ3v) is 3.28. The van der Waals surface area contributed by atoms with Crippen molar-refractivity contribution in [2.24, 2.45) is 0 Å². The van der Waals surface area contributed by atoms with Crippen molar-refractivity contribution in [2.75, 3.05) is 19.0 Å². The molecule has 0 saturated carbocycles. The van der Waals surface area contributed by atoms with E-state index < -0.39 is 17.9 Å². The third kappa shape index (κ3) is 5.91. The quantitative estimate of drug-likeness (QED) is 0.606. The average Bonchev–Trinajstić information content (AvgIpc) is 2.46. The lowest BCUT2D eigenvalue weighted by Gasteiger charge is -2.15. The van der Waals surface area contributed by atoms with Crippen molar-refractivity contribution in [3.8, 4) is 5.75 Å². The van der Waals surface area contributed by atoms with Crippen LogP contribution in [-0.4, -0.2) is 36.7 Å². The first-order valence-corrected chi connectivity index (χ1v) is 7.45. The normalized spacial score (nSPS) is 11.8. The summed E-state index contributed by atoms with van der Waals surface area (Å²) in [4.78, 5) is 23.2. The molecule has 0 heterocycles. The largest absolute Gasteiger partial charge is 0.495 e. The number of nitrogens with one attached hydrogen (secondary N) is 2. The summed E-state index contributed by atoms with van der Waals surface area (Å²) in [6, 6.07) is 3.91. The van der Waals surface area contributed by atoms with E-state index in [1.165, 1.54) is 7.11 Å². The van der Waals surface area contributed by atoms with Crippen molar-refractivity contribution in [1.29, 1.82) is 0 Å². The van der Waals surface area contributed by atoms with Crippen LogP contribution in [0, 0.1) is 0 Å². The van der Waals surface area contributed by atoms with E-state index in [-0.39, 0.29) is 6.42 Å². The van der Waals surface area contributed by atoms with E-state index in [1.807, 2.05) is 6.92 Å². The molecule has 1 aromatic carbocycles. The predicted molar refractivity (Wildman–Crippen MR) is 85.6 cm³/mol. The molecule has 1 aromatic rings. The predicted octanol–water partition coefficient (Wildman–Crippen LogP) is 2.52. The van der Waals surface area contributed by atoms with Gasteiger partial charge < -0.3 is 20.5 Å². The third-order valence-electron chi connectivity index (χ3n) is 3.04. The molecule has 0 fully saturated rings. The lowest BCUT2D eigenvalue weighted by molar-refractivity contribution is -0.141. The zero-order valence-electron chi connectivity index (χ0n) is 12.7. The molecule has 0 saturated heterocycles. The Kier molecular flexibility index (Phi) is 7.70. The number of aliphatic carboxylic acids is 1. The number of carbonyl (C=O) groups excluding carboxylic acids is 1. The molecule has 1 unspecified atom stereocenters. The standard InChI is InChI=1S/C15H21ClN2O4/c1-3-4-7-17-12(15(20)21)9-14(19)18-11-8-10(16)5-6-13(11)22-2/h5-6,8,12,17H,3-4,7,9H2,1-2H3,(H,18,19)(H,20,21). The molecule has 0 spiro atoms. The fourth-order valence-electron chi connectivity index (χ4n) is 1.86. The van der Waals surface area contributed by atoms with Crippen molar-refractivity contribution in [3.05, 3.63) is 23.2 Å². The number of rotatable bonds is 9. The SMILES string of the molecule is CCCCNC(CC(=O)Nc1cc(Cl)ccc1OC)C(=O)O. The van der Waals surface area contributed by atoms with Crippen LogP contribution < -0.4 is 15.4 Å². The Bertz CT molecular complexity index is 522. The monoisotopic (exact) mass is 328 g/mol. The highest BCUT2D eigenvalue weighted by Crippen LogP contribution is 2.27. The van der Waals surface area contributed by atoms with Crippen molar-refractivity contribution in [2.45, 2.75) is 32.2 Å². The van der Waals surface area contributed by atoms with Gasteiger partial charge in [-0.1, -0.05) is 24.9 Å². The Hall–Kier alpha value is -1.79. The molecular formula is C15H21ClN2O4. The highest BCUT2D eigenvalue weighted by atomic mass is 35.5. The zero-order valence-corrected chi connectivity index (χ0v) is 13.4. The van der Waals surface area contributed by atoms with Gasteiger partial charge >= 0.3 is 5.97 Å². The number of ether oxygens (including phenoxy) is 1. The minimum Gasteiger partial charge on any atom is -0.495 e. The van der Waals surface area contributed by atoms with Gasteiger partial charge in [0.25, 0.3) is 0 Å². The number of carboxylic acid groups (broad SMARTS) is 1. The molecule has 1 rings (SSSR count). The fraction of sp³-hybridized carbons (Fsp3) is 0.467. The molecule has 3 N–H and O–H groups in total. The average molecular weight is 329 g/mol. The van der Waals surface area contributed by atoms with Gasteiger partial charge in [-0.15, -0.1) is 0 Å². The van der Waals surface area contributed by atoms with Crippen LogP contribution in [0.3, 0.4) is 0 Å². The van der Waals surface area contributed by atoms with Crippen LogP contribution >= 0.6 is 11.6 Å². The van der Waals surface area contributed by atoms with Crippen molar-refractivity contribution >= 4 is 29.2 Å². The molecule has 0 radical (unpaired) electrons. The van der Waals surface area contributed by atoms with Gasteiger partial charge in [-0.05, 0) is 31.2 Å². The summed E-state index contributed by atoms with van der Waals surface area (Å²) in [6.07, 6.45) is 1.63. The van der Waals surface area contributed by atoms with E-state index in [1.54, 1.807) is 18.2 Å². The number of amides is 1. The first-order chi connectivity index (χ1) is 10.5. The molecule has 6 nitrogen and oxygen atoms in total. The minimum absolute atomic E-state index is 0.172. The number of hydrogen-bond acceptors (Lipinski definition) is 4. The molecule has 0 aromatic heterocycles. The molecule has 0 aliphatic carbocycles. The summed E-state index contributed by atoms with van der Waals surface area (Å²) in [5.74, 6) is -1.01. The molecule has 122 valence electrons. The van der Waals surface area contributed by atoms with Crippen LogP contribution in [0.1, 0.15) is 26.2 Å². The zero-order chi connectivity index (χ0) is 16.5. The highest BCUT2D eigenvalue weighted by Gasteiger charge is 2.21. The first kappa shape index (κ1) is 18.3. The van der Waals surface area contributed by atoms with Gasteiger partial charge in [-0.3, -0.25) is 9.59 Å². The van der Waals surface area contributed by atoms with Crippen molar-refractivity contribution in [1.82, 2.24) is 5.32 Å². The van der Waals surface area contributed by atoms with Gasteiger partial charge in [0, 0.05) is 5.02 Å². The first-order valence-electron chi connectivity index (χ1n) is 7.07. The van der Waals surface area contributed by atoms with Crippen LogP contribution in [0.15, 0.2) is 18.2 Å². The van der Waals surface area contributed by atoms with Gasteiger partial charge in [0.1, 0.15) is 11.8 Å². The molecule has 1 amide bonds. The Morgan fingerprint density at radius 2 is 2.14 bits per heavy atom. The smallest absolute Gasteiger partial charge is 0.321 e. The van der Waals surface area contributed by atoms with Gasteiger partial charge in [-0.25, -0.2) is 0 Å². The van der Waals surface area contributed by atoms with Gasteiger partial charge in [0.15, 0.2) is 0 Å². The molecule has 0 aliphatic rings. The Morgan fingerprint density at radius 1 is 1.41 bits per heavy atom. The van der Waals surface area contributed by atoms with Gasteiger partial charge in [0.05, 0.1) is 19.2 Å². The van der Waals surface area contributed by atoms with Crippen LogP contribution in [0.2, 0.25) is 5.02 Å². The summed E-state index contributed by atoms with van der Waals surface area (Å²) in [5.41, 5.74) is 0.415. The second-order valence-electron chi connectivity index (χ2n) is 4.80. The number of anilines is 1. The number of halogens is 1. The van der Waals surface area contributed by atoms with Crippen molar-refractivity contribution in [3.63, 3.8) is 0 Å². The van der Waals surface area contributed by atoms with E-state index in [4.69, 9.17) is 21.4 Å². The fourth-order valence-corrected chi connectivity index (χ4v) is 2.04. The summed E-state index contributed by atoms with van der Waals surface area (Å²) >= 11 is 5.88. The Balaban J connectivity index is 2.67. The maximum Gasteiger partial charge on any atom is 0.321 e. The van der Waals surface area contributed by atoms with Crippen LogP contribution in [0.5, 0.6) is 5.75 Å². The van der Waals surface area contributed by atoms with E-state index in [0.717, 1.165) is 12.8 Å². The molecule has 1 atom stereocenters. The van der Waals surface area contributed by atoms with E-state index in [9.17, 15) is 9.59 Å². The van der Waals surface area contributed by atoms with Crippen LogP contribution in [0.25, 0.3) is 0 Å². The number of hydrogen-bond donors (Lipinski definition) is 3. The number of unbranched alkanes of at least 4 members (excludes halogenated alkanes) is 1. The van der Waals surface area contributed by atoms with E-state index in [2.05, 4.69) is 10.6 Å². The number of carbonyl (C=O) groups is 2. The van der Waals surface area contributed by atoms with E-state index >= 15 is 0 Å². The lowest BCUT2D eigenvalue weighted by Crippen LogP contribution is -2.40. The second-order valence-corrected chi connectivity index (χ2v) is 5.23. The maximum absolute atomic E-state index is 12.0. The van der Waals surface area contributed by atoms with Crippen molar-refractivity contribution < 1.29 is 19.4 Å². The topological polar surface area (TPSA) is 87.7 Å². The molecule has 0 aliphatic heterocycles. The lowest BCUT2D eigenvalue weighted by atomic mass is 10.2. The second kappa shape index (κ2) is 9.27. The summed E-state index contributed by atoms with van der Waals surface area (Å²) in [6.45, 7) is 2.57. The van der Waals surface area contributed by atoms with Gasteiger partial charge in [0.2, 0.25) is 5.91 Å². The maximum atomic E-state index is 12.0. The summed E-state index contributed by atoms with van der Waals surface area (Å²) < 4.78 is 5.13. The molecule has 7 heteroatoms. The Morgan fingerprint density at radius 3 is 2.73 bits per heavy atom. The number of methoxy groups -OCH3 is 1. The number of carboxylic acids is 1. The summed E-state index contributed by atoms with van der Waals surface area (Å²) in [7, 11) is 1.48. The molecular weight excluding hydrogens is 308 g/mol. The Labute approximate surface area is 134 Å². The summed E-state index contributed by atoms with van der Waals surface area (Å²) in [5, 5.41) is 15.1. The minimum atomic E-state index is -1.05. The number of benzene rings is 1.